The zero-order valence-electron chi connectivity index (χ0n) is 18.5. The van der Waals surface area contributed by atoms with Crippen LogP contribution < -0.4 is 5.32 Å². The van der Waals surface area contributed by atoms with E-state index in [1.54, 1.807) is 10.9 Å². The number of imidazole rings is 1. The number of nitrogens with one attached hydrogen (secondary N) is 1. The molecule has 1 atom stereocenters. The van der Waals surface area contributed by atoms with Gasteiger partial charge in [0.05, 0.1) is 23.8 Å². The molecule has 0 amide bonds. The zero-order chi connectivity index (χ0) is 22.5. The van der Waals surface area contributed by atoms with Crippen LogP contribution in [0.3, 0.4) is 0 Å². The van der Waals surface area contributed by atoms with Crippen molar-refractivity contribution in [3.05, 3.63) is 42.8 Å². The van der Waals surface area contributed by atoms with Gasteiger partial charge in [0.25, 0.3) is 6.71 Å². The van der Waals surface area contributed by atoms with Gasteiger partial charge < -0.3 is 5.32 Å². The molecular weight excluding hydrogens is 419 g/mol. The number of amidine groups is 1. The van der Waals surface area contributed by atoms with Gasteiger partial charge in [-0.1, -0.05) is 32.1 Å². The molecule has 0 aromatic carbocycles. The lowest BCUT2D eigenvalue weighted by atomic mass is 9.41. The van der Waals surface area contributed by atoms with Crippen molar-refractivity contribution in [2.75, 3.05) is 11.9 Å². The molecule has 1 N–H and O–H groups in total. The minimum atomic E-state index is 0.192. The number of aromatic nitrogens is 5. The Morgan fingerprint density at radius 3 is 3.06 bits per heavy atom. The van der Waals surface area contributed by atoms with Gasteiger partial charge in [-0.2, -0.15) is 9.47 Å². The Balaban J connectivity index is 1.59. The first-order chi connectivity index (χ1) is 15.6. The normalized spacial score (nSPS) is 16.7. The van der Waals surface area contributed by atoms with E-state index in [1.165, 1.54) is 18.0 Å². The Kier molecular flexibility index (Phi) is 6.85. The van der Waals surface area contributed by atoms with Crippen molar-refractivity contribution in [1.29, 1.82) is 5.26 Å². The maximum atomic E-state index is 9.27. The first-order valence-corrected chi connectivity index (χ1v) is 11.7. The number of aliphatic imine (C=N–C) groups is 1. The number of aryl methyl sites for hydroxylation is 2. The summed E-state index contributed by atoms with van der Waals surface area (Å²) in [6.45, 7) is 6.83. The van der Waals surface area contributed by atoms with Crippen LogP contribution in [0, 0.1) is 24.1 Å². The van der Waals surface area contributed by atoms with Crippen molar-refractivity contribution in [2.24, 2.45) is 18.0 Å². The highest BCUT2D eigenvalue weighted by Gasteiger charge is 2.25. The van der Waals surface area contributed by atoms with Gasteiger partial charge in [0.15, 0.2) is 11.7 Å². The van der Waals surface area contributed by atoms with Crippen molar-refractivity contribution in [3.8, 4) is 17.2 Å². The molecule has 164 valence electrons. The van der Waals surface area contributed by atoms with E-state index >= 15 is 0 Å². The van der Waals surface area contributed by atoms with E-state index in [4.69, 9.17) is 4.99 Å². The van der Waals surface area contributed by atoms with E-state index in [2.05, 4.69) is 32.3 Å². The summed E-state index contributed by atoms with van der Waals surface area (Å²) in [5, 5.41) is 17.9. The van der Waals surface area contributed by atoms with Gasteiger partial charge >= 0.3 is 0 Å². The van der Waals surface area contributed by atoms with Crippen LogP contribution in [0.4, 0.5) is 5.00 Å². The van der Waals surface area contributed by atoms with E-state index in [1.807, 2.05) is 43.2 Å². The second-order valence-electron chi connectivity index (χ2n) is 8.26. The lowest BCUT2D eigenvalue weighted by molar-refractivity contribution is 0.472. The molecule has 0 aliphatic carbocycles. The van der Waals surface area contributed by atoms with Crippen molar-refractivity contribution in [2.45, 2.75) is 38.8 Å². The largest absolute Gasteiger partial charge is 0.328 e. The van der Waals surface area contributed by atoms with Gasteiger partial charge in [0, 0.05) is 37.5 Å². The third kappa shape index (κ3) is 4.99. The number of rotatable bonds is 7. The number of anilines is 1. The second kappa shape index (κ2) is 9.96. The zero-order valence-corrected chi connectivity index (χ0v) is 19.3. The smallest absolute Gasteiger partial charge is 0.268 e. The Hall–Kier alpha value is -3.19. The fraction of sp³-hybridized carbons (Fsp3) is 0.409. The number of hydrogen-bond donors (Lipinski definition) is 1. The first-order valence-electron chi connectivity index (χ1n) is 10.9. The molecule has 1 unspecified atom stereocenters. The van der Waals surface area contributed by atoms with Gasteiger partial charge in [-0.05, 0) is 36.9 Å². The van der Waals surface area contributed by atoms with Gasteiger partial charge in [-0.3, -0.25) is 14.2 Å². The molecule has 0 radical (unpaired) electrons. The van der Waals surface area contributed by atoms with Crippen molar-refractivity contribution in [1.82, 2.24) is 23.7 Å². The molecular formula is C22H27BN8S. The SMILES string of the molecule is C=Cn1c(-c2cnn(C)c2)cnc1C(=NCCC1CCCB(C#N)C1)Nc1cc(C)ns1. The molecule has 3 aromatic rings. The van der Waals surface area contributed by atoms with E-state index < -0.39 is 0 Å². The van der Waals surface area contributed by atoms with E-state index in [-0.39, 0.29) is 6.71 Å². The maximum absolute atomic E-state index is 9.27. The second-order valence-corrected chi connectivity index (χ2v) is 9.06. The van der Waals surface area contributed by atoms with Gasteiger partial charge in [-0.15, -0.1) is 0 Å². The molecule has 8 nitrogen and oxygen atoms in total. The van der Waals surface area contributed by atoms with Crippen LogP contribution in [0.25, 0.3) is 17.5 Å². The van der Waals surface area contributed by atoms with E-state index in [0.717, 1.165) is 47.4 Å². The fourth-order valence-electron chi connectivity index (χ4n) is 4.22. The molecule has 0 saturated carbocycles. The molecule has 1 fully saturated rings. The molecule has 4 heterocycles. The molecule has 1 aliphatic heterocycles. The highest BCUT2D eigenvalue weighted by Crippen LogP contribution is 2.28. The minimum absolute atomic E-state index is 0.192. The minimum Gasteiger partial charge on any atom is -0.328 e. The van der Waals surface area contributed by atoms with Gasteiger partial charge in [-0.25, -0.2) is 10.2 Å². The molecule has 3 aromatic heterocycles. The van der Waals surface area contributed by atoms with Crippen LogP contribution in [0.5, 0.6) is 0 Å². The third-order valence-electron chi connectivity index (χ3n) is 5.83. The highest BCUT2D eigenvalue weighted by atomic mass is 32.1. The highest BCUT2D eigenvalue weighted by molar-refractivity contribution is 7.10. The Labute approximate surface area is 193 Å². The molecule has 0 spiro atoms. The van der Waals surface area contributed by atoms with Crippen LogP contribution in [-0.4, -0.2) is 42.8 Å². The molecule has 1 aliphatic rings. The summed E-state index contributed by atoms with van der Waals surface area (Å²) in [7, 11) is 1.89. The average Bonchev–Trinajstić information content (AvgIpc) is 3.52. The average molecular weight is 446 g/mol. The Bertz CT molecular complexity index is 1150. The van der Waals surface area contributed by atoms with Gasteiger partial charge in [0.2, 0.25) is 0 Å². The van der Waals surface area contributed by atoms with Crippen LogP contribution in [0.15, 0.2) is 36.2 Å². The summed E-state index contributed by atoms with van der Waals surface area (Å²) in [6.07, 6.45) is 12.6. The lowest BCUT2D eigenvalue weighted by Crippen LogP contribution is -2.22. The van der Waals surface area contributed by atoms with Crippen molar-refractivity contribution < 1.29 is 0 Å². The number of hydrogen-bond acceptors (Lipinski definition) is 6. The molecule has 1 saturated heterocycles. The number of nitrogens with zero attached hydrogens (tertiary/aromatic N) is 7. The molecule has 0 bridgehead atoms. The summed E-state index contributed by atoms with van der Waals surface area (Å²) >= 11 is 1.40. The van der Waals surface area contributed by atoms with Crippen LogP contribution in [0.2, 0.25) is 12.6 Å². The van der Waals surface area contributed by atoms with Crippen LogP contribution in [-0.2, 0) is 7.05 Å². The van der Waals surface area contributed by atoms with E-state index in [9.17, 15) is 5.26 Å². The quantitative estimate of drug-likeness (QED) is 0.330. The van der Waals surface area contributed by atoms with Crippen LogP contribution in [0.1, 0.15) is 30.8 Å². The molecule has 10 heteroatoms. The third-order valence-corrected chi connectivity index (χ3v) is 6.63. The summed E-state index contributed by atoms with van der Waals surface area (Å²) < 4.78 is 8.07. The predicted octanol–water partition coefficient (Wildman–Crippen LogP) is 4.37. The maximum Gasteiger partial charge on any atom is 0.268 e. The first kappa shape index (κ1) is 22.0. The summed E-state index contributed by atoms with van der Waals surface area (Å²) in [4.78, 5) is 9.58. The Morgan fingerprint density at radius 1 is 1.50 bits per heavy atom. The summed E-state index contributed by atoms with van der Waals surface area (Å²) in [6, 6.07) is 2.00. The fourth-order valence-corrected chi connectivity index (χ4v) is 4.88. The standard InChI is InChI=1S/C22H27BN8S/c1-4-31-19(18-12-27-30(3)14-18)13-26-22(31)21(28-20-10-16(2)29-32-20)25-9-7-17-6-5-8-23(11-17)15-24/h4,10,12-14,17H,1,5-9,11H2,2-3H3,(H,25,28). The monoisotopic (exact) mass is 446 g/mol. The lowest BCUT2D eigenvalue weighted by Gasteiger charge is -2.22. The van der Waals surface area contributed by atoms with Crippen LogP contribution >= 0.6 is 11.5 Å². The van der Waals surface area contributed by atoms with E-state index in [0.29, 0.717) is 24.1 Å². The predicted molar refractivity (Wildman–Crippen MR) is 131 cm³/mol. The summed E-state index contributed by atoms with van der Waals surface area (Å²) in [5.41, 5.74) is 2.83. The molecule has 4 rings (SSSR count). The Morgan fingerprint density at radius 2 is 2.38 bits per heavy atom. The molecule has 32 heavy (non-hydrogen) atoms. The summed E-state index contributed by atoms with van der Waals surface area (Å²) in [5.74, 6) is 4.38. The number of nitriles is 1. The van der Waals surface area contributed by atoms with Gasteiger partial charge in [0.1, 0.15) is 5.00 Å². The van der Waals surface area contributed by atoms with Crippen molar-refractivity contribution in [3.63, 3.8) is 0 Å². The van der Waals surface area contributed by atoms with Crippen molar-refractivity contribution >= 4 is 35.3 Å². The topological polar surface area (TPSA) is 96.7 Å².